The van der Waals surface area contributed by atoms with Gasteiger partial charge in [0.1, 0.15) is 11.7 Å². The van der Waals surface area contributed by atoms with Crippen molar-refractivity contribution in [3.8, 4) is 5.88 Å². The summed E-state index contributed by atoms with van der Waals surface area (Å²) < 4.78 is 43.0. The van der Waals surface area contributed by atoms with Crippen molar-refractivity contribution in [1.82, 2.24) is 9.97 Å². The van der Waals surface area contributed by atoms with Crippen LogP contribution in [-0.2, 0) is 6.18 Å². The Balaban J connectivity index is 3.15. The summed E-state index contributed by atoms with van der Waals surface area (Å²) in [6, 6.07) is 0. The number of hydrogen-bond donors (Lipinski definition) is 1. The molecule has 1 N–H and O–H groups in total. The average Bonchev–Trinajstić information content (AvgIpc) is 2.34. The number of alkyl halides is 3. The van der Waals surface area contributed by atoms with Crippen LogP contribution in [0, 0.1) is 0 Å². The van der Waals surface area contributed by atoms with Gasteiger partial charge < -0.3 is 9.84 Å². The van der Waals surface area contributed by atoms with Crippen LogP contribution in [0.3, 0.4) is 0 Å². The third-order valence-corrected chi connectivity index (χ3v) is 2.49. The fourth-order valence-corrected chi connectivity index (χ4v) is 1.37. The number of rotatable bonds is 5. The van der Waals surface area contributed by atoms with E-state index in [1.165, 1.54) is 6.08 Å². The second kappa shape index (κ2) is 6.05. The fraction of sp³-hybridized carbons (Fsp3) is 0.400. The number of ether oxygens (including phenoxy) is 1. The second-order valence-corrected chi connectivity index (χ2v) is 3.92. The second-order valence-electron chi connectivity index (χ2n) is 3.15. The van der Waals surface area contributed by atoms with E-state index in [2.05, 4.69) is 16.5 Å². The maximum absolute atomic E-state index is 12.7. The van der Waals surface area contributed by atoms with Crippen molar-refractivity contribution in [1.29, 1.82) is 0 Å². The summed E-state index contributed by atoms with van der Waals surface area (Å²) in [6.45, 7) is 2.86. The molecule has 1 aromatic rings. The van der Waals surface area contributed by atoms with Gasteiger partial charge in [-0.05, 0) is 12.3 Å². The number of nitrogens with zero attached hydrogens (tertiary/aromatic N) is 2. The molecule has 1 atom stereocenters. The van der Waals surface area contributed by atoms with E-state index in [9.17, 15) is 13.2 Å². The lowest BCUT2D eigenvalue weighted by Crippen LogP contribution is -2.21. The Morgan fingerprint density at radius 3 is 2.72 bits per heavy atom. The molecule has 0 bridgehead atoms. The zero-order valence-electron chi connectivity index (χ0n) is 9.44. The summed E-state index contributed by atoms with van der Waals surface area (Å²) in [4.78, 5) is 7.19. The number of hydrogen-bond acceptors (Lipinski definition) is 5. The molecule has 0 fully saturated rings. The summed E-state index contributed by atoms with van der Waals surface area (Å²) in [7, 11) is 0. The monoisotopic (exact) mass is 280 g/mol. The van der Waals surface area contributed by atoms with Crippen LogP contribution < -0.4 is 4.74 Å². The van der Waals surface area contributed by atoms with Crippen molar-refractivity contribution in [2.24, 2.45) is 0 Å². The van der Waals surface area contributed by atoms with Crippen molar-refractivity contribution in [2.45, 2.75) is 17.4 Å². The van der Waals surface area contributed by atoms with Gasteiger partial charge in [0.05, 0.1) is 6.61 Å². The lowest BCUT2D eigenvalue weighted by Gasteiger charge is -2.16. The Kier molecular flexibility index (Phi) is 4.97. The normalized spacial score (nSPS) is 13.2. The molecule has 1 rings (SSSR count). The minimum atomic E-state index is -4.62. The maximum atomic E-state index is 12.7. The number of aliphatic hydroxyl groups excluding tert-OH is 1. The first-order valence-corrected chi connectivity index (χ1v) is 6.03. The highest BCUT2D eigenvalue weighted by Gasteiger charge is 2.36. The Morgan fingerprint density at radius 2 is 2.28 bits per heavy atom. The van der Waals surface area contributed by atoms with E-state index in [-0.39, 0.29) is 5.16 Å². The van der Waals surface area contributed by atoms with Crippen LogP contribution in [0.5, 0.6) is 5.88 Å². The highest BCUT2D eigenvalue weighted by molar-refractivity contribution is 7.98. The van der Waals surface area contributed by atoms with Crippen molar-refractivity contribution in [3.63, 3.8) is 0 Å². The van der Waals surface area contributed by atoms with Crippen molar-refractivity contribution in [2.75, 3.05) is 12.9 Å². The Morgan fingerprint density at radius 1 is 1.61 bits per heavy atom. The van der Waals surface area contributed by atoms with E-state index < -0.39 is 30.3 Å². The Labute approximate surface area is 106 Å². The zero-order valence-corrected chi connectivity index (χ0v) is 10.3. The van der Waals surface area contributed by atoms with Gasteiger partial charge in [-0.1, -0.05) is 18.3 Å². The Hall–Kier alpha value is -1.28. The predicted octanol–water partition coefficient (Wildman–Crippen LogP) is 2.14. The summed E-state index contributed by atoms with van der Waals surface area (Å²) in [6.07, 6.45) is -2.08. The van der Waals surface area contributed by atoms with Crippen LogP contribution in [0.2, 0.25) is 0 Å². The predicted molar refractivity (Wildman–Crippen MR) is 60.5 cm³/mol. The molecule has 0 amide bonds. The van der Waals surface area contributed by atoms with Gasteiger partial charge in [-0.2, -0.15) is 18.2 Å². The number of aromatic nitrogens is 2. The van der Waals surface area contributed by atoms with E-state index in [0.29, 0.717) is 6.20 Å². The average molecular weight is 280 g/mol. The van der Waals surface area contributed by atoms with Crippen LogP contribution >= 0.6 is 11.8 Å². The number of halogens is 3. The quantitative estimate of drug-likeness (QED) is 0.509. The molecule has 0 aliphatic rings. The van der Waals surface area contributed by atoms with Gasteiger partial charge in [0.25, 0.3) is 0 Å². The van der Waals surface area contributed by atoms with Crippen LogP contribution in [0.15, 0.2) is 24.0 Å². The molecule has 0 saturated carbocycles. The van der Waals surface area contributed by atoms with Crippen molar-refractivity contribution >= 4 is 11.8 Å². The molecule has 18 heavy (non-hydrogen) atoms. The van der Waals surface area contributed by atoms with Gasteiger partial charge in [-0.15, -0.1) is 0 Å². The first-order valence-electron chi connectivity index (χ1n) is 4.80. The van der Waals surface area contributed by atoms with E-state index in [4.69, 9.17) is 9.84 Å². The highest BCUT2D eigenvalue weighted by Crippen LogP contribution is 2.35. The molecule has 4 nitrogen and oxygen atoms in total. The molecule has 0 saturated heterocycles. The van der Waals surface area contributed by atoms with Gasteiger partial charge >= 0.3 is 6.18 Å². The standard InChI is InChI=1S/C10H11F3N2O2S/c1-3-6(5-16)17-8-7(10(11,12)13)4-14-9(15-8)18-2/h3-4,6,16H,1,5H2,2H3/t6-/m1/s1. The van der Waals surface area contributed by atoms with Gasteiger partial charge in [-0.3, -0.25) is 0 Å². The van der Waals surface area contributed by atoms with Gasteiger partial charge in [0, 0.05) is 6.20 Å². The minimum absolute atomic E-state index is 0.152. The molecule has 8 heteroatoms. The SMILES string of the molecule is C=C[C@H](CO)Oc1nc(SC)ncc1C(F)(F)F. The number of thioether (sulfide) groups is 1. The molecule has 1 aromatic heterocycles. The third-order valence-electron chi connectivity index (χ3n) is 1.93. The van der Waals surface area contributed by atoms with Gasteiger partial charge in [0.2, 0.25) is 5.88 Å². The minimum Gasteiger partial charge on any atom is -0.467 e. The summed E-state index contributed by atoms with van der Waals surface area (Å²) in [5, 5.41) is 9.03. The van der Waals surface area contributed by atoms with Crippen LogP contribution in [-0.4, -0.2) is 34.0 Å². The van der Waals surface area contributed by atoms with E-state index in [0.717, 1.165) is 11.8 Å². The smallest absolute Gasteiger partial charge is 0.423 e. The zero-order chi connectivity index (χ0) is 13.8. The third kappa shape index (κ3) is 3.61. The van der Waals surface area contributed by atoms with E-state index >= 15 is 0 Å². The van der Waals surface area contributed by atoms with Gasteiger partial charge in [-0.25, -0.2) is 4.98 Å². The van der Waals surface area contributed by atoms with Crippen LogP contribution in [0.4, 0.5) is 13.2 Å². The molecule has 1 heterocycles. The van der Waals surface area contributed by atoms with Crippen LogP contribution in [0.25, 0.3) is 0 Å². The maximum Gasteiger partial charge on any atom is 0.423 e. The van der Waals surface area contributed by atoms with E-state index in [1.54, 1.807) is 6.26 Å². The molecular weight excluding hydrogens is 269 g/mol. The molecule has 0 unspecified atom stereocenters. The molecule has 0 spiro atoms. The topological polar surface area (TPSA) is 55.2 Å². The largest absolute Gasteiger partial charge is 0.467 e. The fourth-order valence-electron chi connectivity index (χ4n) is 1.04. The summed E-state index contributed by atoms with van der Waals surface area (Å²) >= 11 is 1.09. The lowest BCUT2D eigenvalue weighted by molar-refractivity contribution is -0.140. The van der Waals surface area contributed by atoms with Gasteiger partial charge in [0.15, 0.2) is 5.16 Å². The Bertz CT molecular complexity index is 426. The molecular formula is C10H11F3N2O2S. The van der Waals surface area contributed by atoms with Crippen molar-refractivity contribution < 1.29 is 23.0 Å². The molecule has 0 aliphatic heterocycles. The molecule has 0 aliphatic carbocycles. The first kappa shape index (κ1) is 14.8. The summed E-state index contributed by atoms with van der Waals surface area (Å²) in [5.41, 5.74) is -1.08. The number of aliphatic hydroxyl groups is 1. The van der Waals surface area contributed by atoms with Crippen molar-refractivity contribution in [3.05, 3.63) is 24.4 Å². The lowest BCUT2D eigenvalue weighted by atomic mass is 10.3. The molecule has 0 aromatic carbocycles. The molecule has 100 valence electrons. The first-order chi connectivity index (χ1) is 8.42. The highest BCUT2D eigenvalue weighted by atomic mass is 32.2. The van der Waals surface area contributed by atoms with E-state index in [1.807, 2.05) is 0 Å². The van der Waals surface area contributed by atoms with Crippen LogP contribution in [0.1, 0.15) is 5.56 Å². The molecule has 0 radical (unpaired) electrons. The summed E-state index contributed by atoms with van der Waals surface area (Å²) in [5.74, 6) is -0.610.